The van der Waals surface area contributed by atoms with Crippen LogP contribution < -0.4 is 10.2 Å². The molecule has 0 aliphatic heterocycles. The molecule has 0 aliphatic rings. The van der Waals surface area contributed by atoms with Gasteiger partial charge in [0.25, 0.3) is 0 Å². The summed E-state index contributed by atoms with van der Waals surface area (Å²) < 4.78 is 16.5. The maximum atomic E-state index is 11.7. The van der Waals surface area contributed by atoms with Crippen LogP contribution in [0.1, 0.15) is 18.1 Å². The Kier molecular flexibility index (Phi) is 3.48. The van der Waals surface area contributed by atoms with Gasteiger partial charge < -0.3 is 14.0 Å². The fourth-order valence-corrected chi connectivity index (χ4v) is 2.95. The van der Waals surface area contributed by atoms with E-state index >= 15 is 0 Å². The van der Waals surface area contributed by atoms with Crippen molar-refractivity contribution in [2.75, 3.05) is 6.61 Å². The van der Waals surface area contributed by atoms with Crippen molar-refractivity contribution in [1.82, 2.24) is 0 Å². The third-order valence-electron chi connectivity index (χ3n) is 2.01. The fraction of sp³-hybridized carbons (Fsp3) is 0.400. The Bertz CT molecular complexity index is 353. The second kappa shape index (κ2) is 4.26. The summed E-state index contributed by atoms with van der Waals surface area (Å²) in [7, 11) is -3.87. The number of rotatable bonds is 3. The SMILES string of the molecule is CCOP(=O)([O-])c1c(C)cccc1C. The minimum atomic E-state index is -3.87. The molecule has 1 aromatic carbocycles. The lowest BCUT2D eigenvalue weighted by atomic mass is 10.2. The zero-order valence-corrected chi connectivity index (χ0v) is 9.51. The van der Waals surface area contributed by atoms with Gasteiger partial charge in [-0.3, -0.25) is 0 Å². The van der Waals surface area contributed by atoms with Crippen LogP contribution in [0.2, 0.25) is 0 Å². The lowest BCUT2D eigenvalue weighted by Crippen LogP contribution is -2.22. The molecule has 0 aromatic heterocycles. The molecule has 0 aliphatic carbocycles. The molecule has 4 heteroatoms. The molecule has 0 radical (unpaired) electrons. The van der Waals surface area contributed by atoms with E-state index in [0.717, 1.165) is 11.1 Å². The highest BCUT2D eigenvalue weighted by molar-refractivity contribution is 7.60. The molecule has 3 nitrogen and oxygen atoms in total. The van der Waals surface area contributed by atoms with Crippen molar-refractivity contribution in [2.45, 2.75) is 20.8 Å². The minimum Gasteiger partial charge on any atom is -0.775 e. The van der Waals surface area contributed by atoms with Crippen LogP contribution in [0.15, 0.2) is 18.2 Å². The second-order valence-electron chi connectivity index (χ2n) is 3.16. The average Bonchev–Trinajstić information content (AvgIpc) is 2.02. The van der Waals surface area contributed by atoms with Gasteiger partial charge in [0.15, 0.2) is 7.60 Å². The molecule has 1 unspecified atom stereocenters. The highest BCUT2D eigenvalue weighted by Gasteiger charge is 2.16. The molecule has 0 bridgehead atoms. The Hall–Kier alpha value is -0.630. The van der Waals surface area contributed by atoms with Crippen molar-refractivity contribution in [3.8, 4) is 0 Å². The molecular formula is C10H14O3P-. The number of benzene rings is 1. The van der Waals surface area contributed by atoms with Gasteiger partial charge in [-0.25, -0.2) is 0 Å². The first-order valence-corrected chi connectivity index (χ1v) is 6.05. The lowest BCUT2D eigenvalue weighted by Gasteiger charge is -2.26. The van der Waals surface area contributed by atoms with Gasteiger partial charge in [0.05, 0.1) is 6.61 Å². The molecular weight excluding hydrogens is 199 g/mol. The fourth-order valence-electron chi connectivity index (χ4n) is 1.47. The third-order valence-corrected chi connectivity index (χ3v) is 3.86. The van der Waals surface area contributed by atoms with Crippen LogP contribution in [0.4, 0.5) is 0 Å². The maximum absolute atomic E-state index is 11.7. The van der Waals surface area contributed by atoms with Gasteiger partial charge in [-0.15, -0.1) is 0 Å². The van der Waals surface area contributed by atoms with Crippen molar-refractivity contribution in [3.05, 3.63) is 29.3 Å². The lowest BCUT2D eigenvalue weighted by molar-refractivity contribution is -0.193. The highest BCUT2D eigenvalue weighted by Crippen LogP contribution is 2.37. The predicted molar refractivity (Wildman–Crippen MR) is 54.8 cm³/mol. The summed E-state index contributed by atoms with van der Waals surface area (Å²) in [5.41, 5.74) is 1.47. The van der Waals surface area contributed by atoms with Gasteiger partial charge in [0.1, 0.15) is 0 Å². The van der Waals surface area contributed by atoms with E-state index in [0.29, 0.717) is 5.30 Å². The van der Waals surface area contributed by atoms with E-state index in [9.17, 15) is 9.46 Å². The van der Waals surface area contributed by atoms with E-state index in [1.54, 1.807) is 32.9 Å². The van der Waals surface area contributed by atoms with E-state index in [4.69, 9.17) is 4.52 Å². The Morgan fingerprint density at radius 3 is 2.29 bits per heavy atom. The van der Waals surface area contributed by atoms with Crippen LogP contribution in [-0.4, -0.2) is 6.61 Å². The van der Waals surface area contributed by atoms with E-state index in [2.05, 4.69) is 0 Å². The first kappa shape index (κ1) is 11.4. The molecule has 0 spiro atoms. The van der Waals surface area contributed by atoms with E-state index in [-0.39, 0.29) is 6.61 Å². The largest absolute Gasteiger partial charge is 0.775 e. The number of hydrogen-bond donors (Lipinski definition) is 0. The van der Waals surface area contributed by atoms with Crippen LogP contribution in [-0.2, 0) is 9.09 Å². The molecule has 14 heavy (non-hydrogen) atoms. The summed E-state index contributed by atoms with van der Waals surface area (Å²) >= 11 is 0. The molecule has 1 aromatic rings. The quantitative estimate of drug-likeness (QED) is 0.715. The standard InChI is InChI=1S/C10H15O3P/c1-4-13-14(11,12)10-8(2)6-5-7-9(10)3/h5-7H,4H2,1-3H3,(H,11,12)/p-1. The first-order valence-electron chi connectivity index (χ1n) is 4.51. The Labute approximate surface area is 84.3 Å². The van der Waals surface area contributed by atoms with Crippen LogP contribution in [0.25, 0.3) is 0 Å². The van der Waals surface area contributed by atoms with Crippen LogP contribution in [0.3, 0.4) is 0 Å². The smallest absolute Gasteiger partial charge is 0.165 e. The minimum absolute atomic E-state index is 0.175. The molecule has 0 saturated carbocycles. The van der Waals surface area contributed by atoms with Crippen molar-refractivity contribution in [3.63, 3.8) is 0 Å². The molecule has 1 atom stereocenters. The first-order chi connectivity index (χ1) is 6.49. The van der Waals surface area contributed by atoms with E-state index in [1.165, 1.54) is 0 Å². The number of hydrogen-bond acceptors (Lipinski definition) is 3. The van der Waals surface area contributed by atoms with Crippen molar-refractivity contribution in [2.24, 2.45) is 0 Å². The van der Waals surface area contributed by atoms with Crippen molar-refractivity contribution in [1.29, 1.82) is 0 Å². The normalized spacial score (nSPS) is 15.1. The monoisotopic (exact) mass is 213 g/mol. The molecule has 0 N–H and O–H groups in total. The molecule has 0 heterocycles. The van der Waals surface area contributed by atoms with Gasteiger partial charge in [0.2, 0.25) is 0 Å². The van der Waals surface area contributed by atoms with Crippen molar-refractivity contribution >= 4 is 12.9 Å². The maximum Gasteiger partial charge on any atom is 0.165 e. The van der Waals surface area contributed by atoms with Crippen LogP contribution >= 0.6 is 7.60 Å². The Morgan fingerprint density at radius 2 is 1.86 bits per heavy atom. The average molecular weight is 213 g/mol. The topological polar surface area (TPSA) is 49.4 Å². The second-order valence-corrected chi connectivity index (χ2v) is 4.86. The van der Waals surface area contributed by atoms with Gasteiger partial charge in [0, 0.05) is 5.30 Å². The zero-order valence-electron chi connectivity index (χ0n) is 8.61. The Morgan fingerprint density at radius 1 is 1.36 bits per heavy atom. The summed E-state index contributed by atoms with van der Waals surface area (Å²) in [5, 5.41) is 0.321. The summed E-state index contributed by atoms with van der Waals surface area (Å²) in [4.78, 5) is 11.7. The van der Waals surface area contributed by atoms with Gasteiger partial charge in [-0.1, -0.05) is 18.2 Å². The molecule has 78 valence electrons. The van der Waals surface area contributed by atoms with E-state index < -0.39 is 7.60 Å². The Balaban J connectivity index is 3.24. The van der Waals surface area contributed by atoms with Gasteiger partial charge >= 0.3 is 0 Å². The summed E-state index contributed by atoms with van der Waals surface area (Å²) in [6.07, 6.45) is 0. The molecule has 0 fully saturated rings. The highest BCUT2D eigenvalue weighted by atomic mass is 31.2. The number of aryl methyl sites for hydroxylation is 2. The zero-order chi connectivity index (χ0) is 10.8. The molecule has 0 saturated heterocycles. The molecule has 1 rings (SSSR count). The molecule has 0 amide bonds. The predicted octanol–water partition coefficient (Wildman–Crippen LogP) is 1.52. The van der Waals surface area contributed by atoms with Crippen LogP contribution in [0.5, 0.6) is 0 Å². The van der Waals surface area contributed by atoms with Crippen molar-refractivity contribution < 1.29 is 14.0 Å². The summed E-state index contributed by atoms with van der Waals surface area (Å²) in [6, 6.07) is 5.37. The summed E-state index contributed by atoms with van der Waals surface area (Å²) in [5.74, 6) is 0. The summed E-state index contributed by atoms with van der Waals surface area (Å²) in [6.45, 7) is 5.38. The third kappa shape index (κ3) is 2.24. The van der Waals surface area contributed by atoms with Crippen LogP contribution in [0, 0.1) is 13.8 Å². The van der Waals surface area contributed by atoms with E-state index in [1.807, 2.05) is 6.07 Å². The van der Waals surface area contributed by atoms with Gasteiger partial charge in [-0.2, -0.15) is 0 Å². The van der Waals surface area contributed by atoms with Gasteiger partial charge in [-0.05, 0) is 31.9 Å².